The molecule has 2 heterocycles. The predicted molar refractivity (Wildman–Crippen MR) is 153 cm³/mol. The van der Waals surface area contributed by atoms with Crippen molar-refractivity contribution in [3.8, 4) is 17.9 Å². The number of hydrogen-bond acceptors (Lipinski definition) is 5. The number of fused-ring (bicyclic) bond motifs is 4. The highest BCUT2D eigenvalue weighted by atomic mass is 16.3. The number of Topliss-reactive ketones (excluding diaryl/α,β-unsaturated/α-hetero) is 1. The molecular formula is C35H31N3O2. The molecule has 4 bridgehead atoms. The number of rotatable bonds is 3. The number of carbonyl (C=O) groups excluding carboxylic acids is 1. The fraction of sp³-hybridized carbons (Fsp3) is 0.400. The van der Waals surface area contributed by atoms with Crippen molar-refractivity contribution in [3.05, 3.63) is 77.9 Å². The number of carbonyl (C=O) groups is 1. The summed E-state index contributed by atoms with van der Waals surface area (Å²) in [6.45, 7) is 0. The molecule has 198 valence electrons. The predicted octanol–water partition coefficient (Wildman–Crippen LogP) is 6.73. The Morgan fingerprint density at radius 2 is 1.52 bits per heavy atom. The van der Waals surface area contributed by atoms with Gasteiger partial charge >= 0.3 is 0 Å². The van der Waals surface area contributed by atoms with Crippen LogP contribution in [0.1, 0.15) is 55.6 Å². The first-order valence-corrected chi connectivity index (χ1v) is 14.6. The van der Waals surface area contributed by atoms with Gasteiger partial charge in [-0.15, -0.1) is 0 Å². The van der Waals surface area contributed by atoms with Gasteiger partial charge in [-0.2, -0.15) is 10.5 Å². The Hall–Kier alpha value is -4.09. The van der Waals surface area contributed by atoms with Gasteiger partial charge in [0.2, 0.25) is 0 Å². The van der Waals surface area contributed by atoms with E-state index in [0.717, 1.165) is 41.3 Å². The molecule has 2 aliphatic heterocycles. The van der Waals surface area contributed by atoms with E-state index < -0.39 is 28.8 Å². The summed E-state index contributed by atoms with van der Waals surface area (Å²) in [5, 5.41) is 35.0. The van der Waals surface area contributed by atoms with Crippen LogP contribution in [0.5, 0.6) is 5.75 Å². The van der Waals surface area contributed by atoms with Crippen LogP contribution >= 0.6 is 0 Å². The van der Waals surface area contributed by atoms with Gasteiger partial charge in [0.25, 0.3) is 0 Å². The lowest BCUT2D eigenvalue weighted by atomic mass is 9.47. The number of aromatic hydroxyl groups is 1. The fourth-order valence-electron chi connectivity index (χ4n) is 9.89. The number of anilines is 1. The molecule has 0 radical (unpaired) electrons. The van der Waals surface area contributed by atoms with Gasteiger partial charge < -0.3 is 10.0 Å². The van der Waals surface area contributed by atoms with E-state index in [1.165, 1.54) is 19.3 Å². The van der Waals surface area contributed by atoms with Crippen molar-refractivity contribution in [1.82, 2.24) is 0 Å². The summed E-state index contributed by atoms with van der Waals surface area (Å²) in [6.07, 6.45) is 10.3. The van der Waals surface area contributed by atoms with Gasteiger partial charge in [-0.3, -0.25) is 4.79 Å². The summed E-state index contributed by atoms with van der Waals surface area (Å²) in [5.74, 6) is 1.16. The Kier molecular flexibility index (Phi) is 4.88. The molecule has 3 unspecified atom stereocenters. The molecule has 5 heteroatoms. The second kappa shape index (κ2) is 8.21. The van der Waals surface area contributed by atoms with Gasteiger partial charge in [0, 0.05) is 16.7 Å². The summed E-state index contributed by atoms with van der Waals surface area (Å²) < 4.78 is 0. The Bertz CT molecular complexity index is 1640. The fourth-order valence-corrected chi connectivity index (χ4v) is 9.89. The van der Waals surface area contributed by atoms with Crippen molar-refractivity contribution in [2.24, 2.45) is 28.6 Å². The van der Waals surface area contributed by atoms with E-state index in [1.807, 2.05) is 66.7 Å². The zero-order chi connectivity index (χ0) is 27.2. The lowest BCUT2D eigenvalue weighted by molar-refractivity contribution is -0.145. The molecule has 3 aromatic carbocycles. The maximum Gasteiger partial charge on any atom is 0.176 e. The molecule has 0 amide bonds. The number of phenolic OH excluding ortho intramolecular Hbond substituents is 1. The molecule has 1 N–H and O–H groups in total. The van der Waals surface area contributed by atoms with Crippen LogP contribution in [0.2, 0.25) is 0 Å². The largest absolute Gasteiger partial charge is 0.508 e. The van der Waals surface area contributed by atoms with Crippen molar-refractivity contribution >= 4 is 28.3 Å². The van der Waals surface area contributed by atoms with E-state index in [1.54, 1.807) is 6.07 Å². The molecule has 4 saturated carbocycles. The third kappa shape index (κ3) is 2.99. The van der Waals surface area contributed by atoms with E-state index in [2.05, 4.69) is 17.0 Å². The van der Waals surface area contributed by atoms with Gasteiger partial charge in [0.15, 0.2) is 11.2 Å². The second-order valence-electron chi connectivity index (χ2n) is 13.1. The number of phenols is 1. The Labute approximate surface area is 234 Å². The third-order valence-electron chi connectivity index (χ3n) is 11.0. The lowest BCUT2D eigenvalue weighted by Gasteiger charge is -2.57. The summed E-state index contributed by atoms with van der Waals surface area (Å²) >= 11 is 0. The van der Waals surface area contributed by atoms with E-state index in [-0.39, 0.29) is 11.5 Å². The van der Waals surface area contributed by atoms with Crippen molar-refractivity contribution in [2.45, 2.75) is 56.5 Å². The van der Waals surface area contributed by atoms with Crippen molar-refractivity contribution in [1.29, 1.82) is 10.5 Å². The summed E-state index contributed by atoms with van der Waals surface area (Å²) in [6, 6.07) is 22.8. The third-order valence-corrected chi connectivity index (χ3v) is 11.0. The smallest absolute Gasteiger partial charge is 0.176 e. The molecule has 0 aromatic heterocycles. The Morgan fingerprint density at radius 3 is 2.23 bits per heavy atom. The summed E-state index contributed by atoms with van der Waals surface area (Å²) in [7, 11) is 0. The zero-order valence-electron chi connectivity index (χ0n) is 22.3. The van der Waals surface area contributed by atoms with Gasteiger partial charge in [0.1, 0.15) is 5.75 Å². The normalized spacial score (nSPS) is 34.2. The van der Waals surface area contributed by atoms with Crippen molar-refractivity contribution in [3.63, 3.8) is 0 Å². The first-order valence-electron chi connectivity index (χ1n) is 14.6. The van der Waals surface area contributed by atoms with E-state index in [4.69, 9.17) is 0 Å². The average molecular weight is 526 g/mol. The molecule has 5 nitrogen and oxygen atoms in total. The van der Waals surface area contributed by atoms with Crippen LogP contribution in [0.15, 0.2) is 66.7 Å². The SMILES string of the molecule is N#CC1(C#N)C(c2c(O)ccc3ccccc23)C(C(=O)C23CC4CC(CC(C4)C2)C3)N2c3ccccc3C=CC21. The summed E-state index contributed by atoms with van der Waals surface area (Å²) in [4.78, 5) is 17.4. The number of benzene rings is 3. The molecule has 9 rings (SSSR count). The quantitative estimate of drug-likeness (QED) is 0.409. The number of hydrogen-bond donors (Lipinski definition) is 1. The molecule has 0 spiro atoms. The van der Waals surface area contributed by atoms with Gasteiger partial charge in [0.05, 0.1) is 30.1 Å². The zero-order valence-corrected chi connectivity index (χ0v) is 22.3. The van der Waals surface area contributed by atoms with E-state index >= 15 is 4.79 Å². The number of para-hydroxylation sites is 1. The number of nitrogens with zero attached hydrogens (tertiary/aromatic N) is 3. The molecule has 5 fully saturated rings. The van der Waals surface area contributed by atoms with Gasteiger partial charge in [-0.05, 0) is 84.7 Å². The van der Waals surface area contributed by atoms with Gasteiger partial charge in [-0.1, -0.05) is 60.7 Å². The maximum atomic E-state index is 15.3. The first-order chi connectivity index (χ1) is 19.5. The molecule has 3 atom stereocenters. The monoisotopic (exact) mass is 525 g/mol. The minimum atomic E-state index is -1.56. The number of nitriles is 2. The average Bonchev–Trinajstić information content (AvgIpc) is 3.26. The highest BCUT2D eigenvalue weighted by Gasteiger charge is 2.67. The molecule has 1 saturated heterocycles. The molecule has 3 aromatic rings. The van der Waals surface area contributed by atoms with Gasteiger partial charge in [-0.25, -0.2) is 0 Å². The van der Waals surface area contributed by atoms with Crippen LogP contribution in [0, 0.1) is 51.2 Å². The minimum absolute atomic E-state index is 0.0407. The number of ketones is 1. The highest BCUT2D eigenvalue weighted by molar-refractivity contribution is 5.99. The topological polar surface area (TPSA) is 88.1 Å². The van der Waals surface area contributed by atoms with Crippen LogP contribution in [0.3, 0.4) is 0 Å². The van der Waals surface area contributed by atoms with Crippen LogP contribution in [-0.2, 0) is 4.79 Å². The standard InChI is InChI=1S/C35H31N3O2/c36-19-35(20-37)29-12-10-25-6-2-4-8-27(25)38(29)32(31(35)30-26-7-3-1-5-24(26)9-11-28(30)39)33(40)34-16-21-13-22(17-34)15-23(14-21)18-34/h1-12,21-23,29,31-32,39H,13-18H2. The summed E-state index contributed by atoms with van der Waals surface area (Å²) in [5.41, 5.74) is 0.419. The van der Waals surface area contributed by atoms with Crippen LogP contribution in [-0.4, -0.2) is 23.0 Å². The second-order valence-corrected chi connectivity index (χ2v) is 13.1. The highest BCUT2D eigenvalue weighted by Crippen LogP contribution is 2.64. The van der Waals surface area contributed by atoms with Crippen LogP contribution < -0.4 is 4.90 Å². The maximum absolute atomic E-state index is 15.3. The molecule has 40 heavy (non-hydrogen) atoms. The van der Waals surface area contributed by atoms with E-state index in [0.29, 0.717) is 23.3 Å². The Morgan fingerprint density at radius 1 is 0.875 bits per heavy atom. The minimum Gasteiger partial charge on any atom is -0.508 e. The molecular weight excluding hydrogens is 494 g/mol. The molecule has 6 aliphatic rings. The van der Waals surface area contributed by atoms with Crippen molar-refractivity contribution in [2.75, 3.05) is 4.90 Å². The van der Waals surface area contributed by atoms with Crippen LogP contribution in [0.4, 0.5) is 5.69 Å². The first kappa shape index (κ1) is 23.8. The van der Waals surface area contributed by atoms with E-state index in [9.17, 15) is 15.6 Å². The lowest BCUT2D eigenvalue weighted by Crippen LogP contribution is -2.56. The Balaban J connectivity index is 1.41. The molecule has 4 aliphatic carbocycles. The van der Waals surface area contributed by atoms with Crippen molar-refractivity contribution < 1.29 is 9.90 Å². The van der Waals surface area contributed by atoms with Crippen LogP contribution in [0.25, 0.3) is 16.8 Å².